The Hall–Kier alpha value is -1.87. The van der Waals surface area contributed by atoms with Crippen LogP contribution in [0.3, 0.4) is 0 Å². The molecule has 1 heterocycles. The minimum absolute atomic E-state index is 0.107. The normalized spacial score (nSPS) is 11.6. The van der Waals surface area contributed by atoms with Crippen LogP contribution in [0.5, 0.6) is 5.88 Å². The molecule has 8 nitrogen and oxygen atoms in total. The Kier molecular flexibility index (Phi) is 7.24. The summed E-state index contributed by atoms with van der Waals surface area (Å²) < 4.78 is 29.5. The van der Waals surface area contributed by atoms with Gasteiger partial charge in [0.25, 0.3) is 0 Å². The zero-order valence-electron chi connectivity index (χ0n) is 13.9. The predicted molar refractivity (Wildman–Crippen MR) is 89.1 cm³/mol. The van der Waals surface area contributed by atoms with Crippen molar-refractivity contribution in [3.63, 3.8) is 0 Å². The fourth-order valence-electron chi connectivity index (χ4n) is 1.99. The van der Waals surface area contributed by atoms with Gasteiger partial charge in [0, 0.05) is 25.2 Å². The number of rotatable bonds is 8. The SMILES string of the molecule is COc1ccc(NC(=O)NCCCN(C(C)C)S(C)(=O)=O)cn1. The number of ether oxygens (including phenoxy) is 1. The second kappa shape index (κ2) is 8.68. The van der Waals surface area contributed by atoms with E-state index in [2.05, 4.69) is 15.6 Å². The van der Waals surface area contributed by atoms with Crippen molar-refractivity contribution in [3.05, 3.63) is 18.3 Å². The summed E-state index contributed by atoms with van der Waals surface area (Å²) in [6.45, 7) is 4.37. The molecule has 2 N–H and O–H groups in total. The van der Waals surface area contributed by atoms with E-state index in [0.717, 1.165) is 0 Å². The van der Waals surface area contributed by atoms with Gasteiger partial charge in [0.15, 0.2) is 0 Å². The van der Waals surface area contributed by atoms with Gasteiger partial charge in [0.2, 0.25) is 15.9 Å². The Morgan fingerprint density at radius 1 is 1.39 bits per heavy atom. The minimum atomic E-state index is -3.24. The highest BCUT2D eigenvalue weighted by molar-refractivity contribution is 7.88. The number of hydrogen-bond donors (Lipinski definition) is 2. The first-order valence-electron chi connectivity index (χ1n) is 7.25. The molecule has 0 unspecified atom stereocenters. The van der Waals surface area contributed by atoms with Gasteiger partial charge in [-0.05, 0) is 26.3 Å². The van der Waals surface area contributed by atoms with Gasteiger partial charge >= 0.3 is 6.03 Å². The van der Waals surface area contributed by atoms with E-state index >= 15 is 0 Å². The molecule has 0 radical (unpaired) electrons. The van der Waals surface area contributed by atoms with Crippen LogP contribution in [0.2, 0.25) is 0 Å². The van der Waals surface area contributed by atoms with Crippen LogP contribution < -0.4 is 15.4 Å². The topological polar surface area (TPSA) is 101 Å². The number of pyridine rings is 1. The number of nitrogens with zero attached hydrogens (tertiary/aromatic N) is 2. The molecule has 0 aliphatic carbocycles. The van der Waals surface area contributed by atoms with Crippen LogP contribution in [0.15, 0.2) is 18.3 Å². The molecule has 0 aromatic carbocycles. The van der Waals surface area contributed by atoms with Crippen molar-refractivity contribution in [3.8, 4) is 5.88 Å². The second-order valence-electron chi connectivity index (χ2n) is 5.29. The molecule has 0 bridgehead atoms. The predicted octanol–water partition coefficient (Wildman–Crippen LogP) is 1.27. The van der Waals surface area contributed by atoms with E-state index in [4.69, 9.17) is 4.74 Å². The van der Waals surface area contributed by atoms with E-state index in [1.807, 2.05) is 13.8 Å². The van der Waals surface area contributed by atoms with Crippen molar-refractivity contribution in [2.45, 2.75) is 26.3 Å². The van der Waals surface area contributed by atoms with E-state index in [9.17, 15) is 13.2 Å². The van der Waals surface area contributed by atoms with E-state index in [0.29, 0.717) is 31.1 Å². The summed E-state index contributed by atoms with van der Waals surface area (Å²) in [4.78, 5) is 15.7. The molecule has 0 aliphatic heterocycles. The Bertz CT molecular complexity index is 602. The monoisotopic (exact) mass is 344 g/mol. The average Bonchev–Trinajstić information content (AvgIpc) is 2.46. The number of hydrogen-bond acceptors (Lipinski definition) is 5. The first kappa shape index (κ1) is 19.2. The lowest BCUT2D eigenvalue weighted by molar-refractivity contribution is 0.251. The molecule has 0 atom stereocenters. The summed E-state index contributed by atoms with van der Waals surface area (Å²) in [5.41, 5.74) is 0.545. The largest absolute Gasteiger partial charge is 0.481 e. The molecule has 2 amide bonds. The highest BCUT2D eigenvalue weighted by atomic mass is 32.2. The van der Waals surface area contributed by atoms with E-state index in [1.165, 1.54) is 23.9 Å². The Morgan fingerprint density at radius 2 is 2.09 bits per heavy atom. The number of aromatic nitrogens is 1. The van der Waals surface area contributed by atoms with Crippen molar-refractivity contribution in [1.82, 2.24) is 14.6 Å². The molecule has 1 aromatic heterocycles. The molecule has 0 spiro atoms. The van der Waals surface area contributed by atoms with Crippen molar-refractivity contribution >= 4 is 21.7 Å². The summed E-state index contributed by atoms with van der Waals surface area (Å²) in [7, 11) is -1.72. The van der Waals surface area contributed by atoms with Gasteiger partial charge in [-0.3, -0.25) is 0 Å². The molecule has 0 saturated carbocycles. The Labute approximate surface area is 137 Å². The van der Waals surface area contributed by atoms with Crippen LogP contribution in [0, 0.1) is 0 Å². The Morgan fingerprint density at radius 3 is 2.57 bits per heavy atom. The van der Waals surface area contributed by atoms with E-state index < -0.39 is 10.0 Å². The third-order valence-electron chi connectivity index (χ3n) is 3.05. The summed E-state index contributed by atoms with van der Waals surface area (Å²) in [5.74, 6) is 0.463. The van der Waals surface area contributed by atoms with Gasteiger partial charge in [-0.2, -0.15) is 4.31 Å². The molecule has 0 aliphatic rings. The van der Waals surface area contributed by atoms with Crippen molar-refractivity contribution in [1.29, 1.82) is 0 Å². The molecule has 1 rings (SSSR count). The van der Waals surface area contributed by atoms with Crippen LogP contribution in [0.25, 0.3) is 0 Å². The first-order valence-corrected chi connectivity index (χ1v) is 9.10. The second-order valence-corrected chi connectivity index (χ2v) is 7.23. The van der Waals surface area contributed by atoms with E-state index in [-0.39, 0.29) is 12.1 Å². The van der Waals surface area contributed by atoms with Crippen LogP contribution in [0.1, 0.15) is 20.3 Å². The van der Waals surface area contributed by atoms with Gasteiger partial charge in [0.1, 0.15) is 0 Å². The maximum Gasteiger partial charge on any atom is 0.319 e. The maximum absolute atomic E-state index is 11.7. The van der Waals surface area contributed by atoms with Crippen molar-refractivity contribution in [2.75, 3.05) is 31.8 Å². The van der Waals surface area contributed by atoms with Crippen molar-refractivity contribution < 1.29 is 17.9 Å². The number of methoxy groups -OCH3 is 1. The Balaban J connectivity index is 2.36. The van der Waals surface area contributed by atoms with Crippen LogP contribution in [0.4, 0.5) is 10.5 Å². The molecule has 23 heavy (non-hydrogen) atoms. The fraction of sp³-hybridized carbons (Fsp3) is 0.571. The quantitative estimate of drug-likeness (QED) is 0.692. The maximum atomic E-state index is 11.7. The standard InChI is InChI=1S/C14H24N4O4S/c1-11(2)18(23(4,20)21)9-5-8-15-14(19)17-12-6-7-13(22-3)16-10-12/h6-7,10-11H,5,8-9H2,1-4H3,(H2,15,17,19). The van der Waals surface area contributed by atoms with Crippen LogP contribution >= 0.6 is 0 Å². The summed E-state index contributed by atoms with van der Waals surface area (Å²) >= 11 is 0. The number of sulfonamides is 1. The highest BCUT2D eigenvalue weighted by Crippen LogP contribution is 2.10. The molecule has 0 fully saturated rings. The van der Waals surface area contributed by atoms with Gasteiger partial charge in [0.05, 0.1) is 25.2 Å². The molecule has 9 heteroatoms. The molecular formula is C14H24N4O4S. The lowest BCUT2D eigenvalue weighted by Crippen LogP contribution is -2.38. The van der Waals surface area contributed by atoms with Crippen LogP contribution in [-0.4, -0.2) is 56.2 Å². The van der Waals surface area contributed by atoms with Crippen LogP contribution in [-0.2, 0) is 10.0 Å². The summed E-state index contributed by atoms with van der Waals surface area (Å²) in [5, 5.41) is 5.31. The number of urea groups is 1. The van der Waals surface area contributed by atoms with Gasteiger partial charge in [-0.25, -0.2) is 18.2 Å². The third-order valence-corrected chi connectivity index (χ3v) is 4.50. The first-order chi connectivity index (χ1) is 10.7. The molecular weight excluding hydrogens is 320 g/mol. The fourth-order valence-corrected chi connectivity index (χ4v) is 3.22. The van der Waals surface area contributed by atoms with Gasteiger partial charge in [-0.15, -0.1) is 0 Å². The molecule has 0 saturated heterocycles. The average molecular weight is 344 g/mol. The van der Waals surface area contributed by atoms with Gasteiger partial charge in [-0.1, -0.05) is 0 Å². The van der Waals surface area contributed by atoms with Crippen molar-refractivity contribution in [2.24, 2.45) is 0 Å². The van der Waals surface area contributed by atoms with E-state index in [1.54, 1.807) is 12.1 Å². The number of anilines is 1. The zero-order chi connectivity index (χ0) is 17.5. The number of nitrogens with one attached hydrogen (secondary N) is 2. The third kappa shape index (κ3) is 6.83. The lowest BCUT2D eigenvalue weighted by Gasteiger charge is -2.23. The van der Waals surface area contributed by atoms with Gasteiger partial charge < -0.3 is 15.4 Å². The smallest absolute Gasteiger partial charge is 0.319 e. The number of carbonyl (C=O) groups excluding carboxylic acids is 1. The lowest BCUT2D eigenvalue weighted by atomic mass is 10.3. The number of amides is 2. The minimum Gasteiger partial charge on any atom is -0.481 e. The number of carbonyl (C=O) groups is 1. The zero-order valence-corrected chi connectivity index (χ0v) is 14.7. The summed E-state index contributed by atoms with van der Waals surface area (Å²) in [6, 6.07) is 2.84. The highest BCUT2D eigenvalue weighted by Gasteiger charge is 2.19. The molecule has 130 valence electrons. The molecule has 1 aromatic rings. The summed E-state index contributed by atoms with van der Waals surface area (Å²) in [6.07, 6.45) is 3.20.